The summed E-state index contributed by atoms with van der Waals surface area (Å²) in [6, 6.07) is 0. The maximum Gasteiger partial charge on any atom is 0.123 e. The van der Waals surface area contributed by atoms with Gasteiger partial charge in [-0.3, -0.25) is 0 Å². The van der Waals surface area contributed by atoms with E-state index in [0.717, 1.165) is 5.92 Å². The normalized spacial score (nSPS) is 42.8. The predicted molar refractivity (Wildman–Crippen MR) is 53.4 cm³/mol. The molecule has 3 aliphatic rings. The molecule has 3 saturated carbocycles. The van der Waals surface area contributed by atoms with Crippen LogP contribution < -0.4 is 0 Å². The fourth-order valence-corrected chi connectivity index (χ4v) is 3.60. The van der Waals surface area contributed by atoms with Gasteiger partial charge in [0.15, 0.2) is 0 Å². The van der Waals surface area contributed by atoms with Crippen LogP contribution in [-0.4, -0.2) is 6.29 Å². The first kappa shape index (κ1) is 9.23. The molecule has 0 aromatic carbocycles. The second-order valence-corrected chi connectivity index (χ2v) is 5.45. The molecule has 0 aromatic heterocycles. The van der Waals surface area contributed by atoms with Crippen LogP contribution in [0.3, 0.4) is 0 Å². The summed E-state index contributed by atoms with van der Waals surface area (Å²) in [5, 5.41) is 0. The second-order valence-electron chi connectivity index (χ2n) is 5.45. The Labute approximate surface area is 80.9 Å². The molecule has 2 bridgehead atoms. The summed E-state index contributed by atoms with van der Waals surface area (Å²) in [5.41, 5.74) is 0.279. The van der Waals surface area contributed by atoms with Gasteiger partial charge in [-0.2, -0.15) is 0 Å². The highest BCUT2D eigenvalue weighted by Crippen LogP contribution is 2.52. The molecule has 0 radical (unpaired) electrons. The highest BCUT2D eigenvalue weighted by molar-refractivity contribution is 5.56. The van der Waals surface area contributed by atoms with E-state index in [1.165, 1.54) is 38.4 Å². The van der Waals surface area contributed by atoms with Crippen LogP contribution >= 0.6 is 0 Å². The molecule has 74 valence electrons. The van der Waals surface area contributed by atoms with Crippen LogP contribution in [0, 0.1) is 23.2 Å². The van der Waals surface area contributed by atoms with Crippen LogP contribution in [0.5, 0.6) is 0 Å². The zero-order valence-corrected chi connectivity index (χ0v) is 8.75. The first-order chi connectivity index (χ1) is 6.16. The quantitative estimate of drug-likeness (QED) is 0.567. The van der Waals surface area contributed by atoms with Crippen molar-refractivity contribution >= 4 is 6.29 Å². The second kappa shape index (κ2) is 3.11. The van der Waals surface area contributed by atoms with Gasteiger partial charge in [-0.05, 0) is 42.9 Å². The van der Waals surface area contributed by atoms with Gasteiger partial charge >= 0.3 is 0 Å². The lowest BCUT2D eigenvalue weighted by Gasteiger charge is -2.44. The minimum absolute atomic E-state index is 0.279. The number of fused-ring (bicyclic) bond motifs is 4. The number of aldehydes is 1. The molecule has 0 heterocycles. The zero-order chi connectivity index (χ0) is 9.47. The average molecular weight is 180 g/mol. The van der Waals surface area contributed by atoms with Gasteiger partial charge < -0.3 is 4.79 Å². The number of carbonyl (C=O) groups excluding carboxylic acids is 1. The summed E-state index contributed by atoms with van der Waals surface area (Å²) in [7, 11) is 0. The lowest BCUT2D eigenvalue weighted by atomic mass is 9.60. The van der Waals surface area contributed by atoms with Gasteiger partial charge in [-0.1, -0.05) is 20.3 Å². The first-order valence-electron chi connectivity index (χ1n) is 5.61. The Morgan fingerprint density at radius 1 is 1.15 bits per heavy atom. The van der Waals surface area contributed by atoms with Crippen molar-refractivity contribution in [1.82, 2.24) is 0 Å². The Morgan fingerprint density at radius 3 is 2.62 bits per heavy atom. The van der Waals surface area contributed by atoms with Gasteiger partial charge in [0.25, 0.3) is 0 Å². The highest BCUT2D eigenvalue weighted by atomic mass is 16.1. The van der Waals surface area contributed by atoms with E-state index in [9.17, 15) is 4.79 Å². The van der Waals surface area contributed by atoms with Gasteiger partial charge in [0, 0.05) is 5.92 Å². The van der Waals surface area contributed by atoms with Gasteiger partial charge in [-0.25, -0.2) is 0 Å². The fourth-order valence-electron chi connectivity index (χ4n) is 3.60. The molecule has 3 unspecified atom stereocenters. The van der Waals surface area contributed by atoms with Crippen LogP contribution in [0.1, 0.15) is 46.0 Å². The third-order valence-corrected chi connectivity index (χ3v) is 4.58. The molecule has 13 heavy (non-hydrogen) atoms. The Hall–Kier alpha value is -0.330. The van der Waals surface area contributed by atoms with E-state index in [1.54, 1.807) is 0 Å². The van der Waals surface area contributed by atoms with Crippen molar-refractivity contribution in [3.8, 4) is 0 Å². The summed E-state index contributed by atoms with van der Waals surface area (Å²) >= 11 is 0. The van der Waals surface area contributed by atoms with E-state index in [1.807, 2.05) is 0 Å². The van der Waals surface area contributed by atoms with E-state index in [2.05, 4.69) is 13.8 Å². The zero-order valence-electron chi connectivity index (χ0n) is 8.75. The summed E-state index contributed by atoms with van der Waals surface area (Å²) in [5.74, 6) is 1.85. The van der Waals surface area contributed by atoms with Gasteiger partial charge in [0.2, 0.25) is 0 Å². The summed E-state index contributed by atoms with van der Waals surface area (Å²) in [6.07, 6.45) is 7.90. The monoisotopic (exact) mass is 180 g/mol. The smallest absolute Gasteiger partial charge is 0.123 e. The number of hydrogen-bond donors (Lipinski definition) is 0. The molecule has 3 rings (SSSR count). The van der Waals surface area contributed by atoms with E-state index < -0.39 is 0 Å². The summed E-state index contributed by atoms with van der Waals surface area (Å²) in [6.45, 7) is 4.60. The average Bonchev–Trinajstić information content (AvgIpc) is 2.35. The molecule has 1 nitrogen and oxygen atoms in total. The van der Waals surface area contributed by atoms with Crippen molar-refractivity contribution in [1.29, 1.82) is 0 Å². The van der Waals surface area contributed by atoms with E-state index >= 15 is 0 Å². The molecule has 0 spiro atoms. The Kier molecular flexibility index (Phi) is 2.21. The largest absolute Gasteiger partial charge is 0.303 e. The van der Waals surface area contributed by atoms with Crippen LogP contribution in [0.15, 0.2) is 0 Å². The molecular formula is C12H20O. The summed E-state index contributed by atoms with van der Waals surface area (Å²) < 4.78 is 0. The van der Waals surface area contributed by atoms with Crippen molar-refractivity contribution in [3.63, 3.8) is 0 Å². The number of hydrogen-bond acceptors (Lipinski definition) is 1. The highest BCUT2D eigenvalue weighted by Gasteiger charge is 2.46. The van der Waals surface area contributed by atoms with E-state index in [0.29, 0.717) is 11.8 Å². The van der Waals surface area contributed by atoms with Crippen molar-refractivity contribution in [2.45, 2.75) is 46.0 Å². The SMILES string of the molecule is CC1(C)C2CCCC(CC2)C1C=O. The fraction of sp³-hybridized carbons (Fsp3) is 0.917. The minimum Gasteiger partial charge on any atom is -0.303 e. The van der Waals surface area contributed by atoms with Crippen molar-refractivity contribution in [3.05, 3.63) is 0 Å². The topological polar surface area (TPSA) is 17.1 Å². The Balaban J connectivity index is 2.30. The number of rotatable bonds is 1. The summed E-state index contributed by atoms with van der Waals surface area (Å²) in [4.78, 5) is 11.1. The molecule has 0 aromatic rings. The van der Waals surface area contributed by atoms with Crippen LogP contribution in [0.4, 0.5) is 0 Å². The first-order valence-corrected chi connectivity index (χ1v) is 5.61. The van der Waals surface area contributed by atoms with Crippen molar-refractivity contribution in [2.75, 3.05) is 0 Å². The third kappa shape index (κ3) is 1.33. The van der Waals surface area contributed by atoms with Crippen LogP contribution in [-0.2, 0) is 4.79 Å². The molecule has 0 aliphatic heterocycles. The van der Waals surface area contributed by atoms with E-state index in [4.69, 9.17) is 0 Å². The molecule has 3 atom stereocenters. The van der Waals surface area contributed by atoms with Crippen LogP contribution in [0.25, 0.3) is 0 Å². The van der Waals surface area contributed by atoms with Crippen molar-refractivity contribution < 1.29 is 4.79 Å². The number of carbonyl (C=O) groups is 1. The van der Waals surface area contributed by atoms with Crippen LogP contribution in [0.2, 0.25) is 0 Å². The van der Waals surface area contributed by atoms with Gasteiger partial charge in [0.1, 0.15) is 6.29 Å². The Bertz CT molecular complexity index is 203. The molecule has 0 N–H and O–H groups in total. The Morgan fingerprint density at radius 2 is 1.92 bits per heavy atom. The molecule has 3 aliphatic carbocycles. The molecular weight excluding hydrogens is 160 g/mol. The standard InChI is InChI=1S/C12H20O/c1-12(2)10-5-3-4-9(6-7-10)11(12)8-13/h8-11H,3-7H2,1-2H3. The molecule has 0 amide bonds. The lowest BCUT2D eigenvalue weighted by Crippen LogP contribution is -2.40. The van der Waals surface area contributed by atoms with E-state index in [-0.39, 0.29) is 5.41 Å². The van der Waals surface area contributed by atoms with Gasteiger partial charge in [-0.15, -0.1) is 0 Å². The maximum absolute atomic E-state index is 11.1. The molecule has 3 fully saturated rings. The maximum atomic E-state index is 11.1. The minimum atomic E-state index is 0.279. The predicted octanol–water partition coefficient (Wildman–Crippen LogP) is 3.04. The lowest BCUT2D eigenvalue weighted by molar-refractivity contribution is -0.120. The molecule has 0 saturated heterocycles. The van der Waals surface area contributed by atoms with Crippen molar-refractivity contribution in [2.24, 2.45) is 23.2 Å². The molecule has 1 heteroatoms. The third-order valence-electron chi connectivity index (χ3n) is 4.58. The van der Waals surface area contributed by atoms with Gasteiger partial charge in [0.05, 0.1) is 0 Å².